The fraction of sp³-hybridized carbons (Fsp3) is 0.294. The molecule has 0 amide bonds. The lowest BCUT2D eigenvalue weighted by Crippen LogP contribution is -2.05. The van der Waals surface area contributed by atoms with Crippen molar-refractivity contribution in [3.05, 3.63) is 65.0 Å². The van der Waals surface area contributed by atoms with Gasteiger partial charge in [-0.25, -0.2) is 0 Å². The largest absolute Gasteiger partial charge is 0.292 e. The Morgan fingerprint density at radius 3 is 2.58 bits per heavy atom. The Bertz CT molecular complexity index is 561. The Morgan fingerprint density at radius 1 is 1.16 bits per heavy atom. The van der Waals surface area contributed by atoms with Crippen LogP contribution in [0.2, 0.25) is 0 Å². The van der Waals surface area contributed by atoms with E-state index >= 15 is 0 Å². The number of Topliss-reactive ketones (excluding diaryl/α,β-unsaturated/α-hetero) is 1. The van der Waals surface area contributed by atoms with Crippen LogP contribution in [0, 0.1) is 13.8 Å². The van der Waals surface area contributed by atoms with Gasteiger partial charge in [-0.1, -0.05) is 36.4 Å². The molecule has 98 valence electrons. The number of ketones is 1. The number of nitrogens with zero attached hydrogens (tertiary/aromatic N) is 1. The highest BCUT2D eigenvalue weighted by atomic mass is 16.1. The predicted molar refractivity (Wildman–Crippen MR) is 77.4 cm³/mol. The first kappa shape index (κ1) is 13.5. The Morgan fingerprint density at radius 2 is 1.89 bits per heavy atom. The molecule has 1 heterocycles. The van der Waals surface area contributed by atoms with Crippen molar-refractivity contribution in [3.63, 3.8) is 0 Å². The van der Waals surface area contributed by atoms with Gasteiger partial charge in [0.05, 0.1) is 0 Å². The molecule has 2 heteroatoms. The quantitative estimate of drug-likeness (QED) is 0.756. The molecule has 0 radical (unpaired) electrons. The van der Waals surface area contributed by atoms with Crippen LogP contribution in [-0.2, 0) is 6.42 Å². The van der Waals surface area contributed by atoms with Gasteiger partial charge in [-0.15, -0.1) is 0 Å². The first-order valence-electron chi connectivity index (χ1n) is 6.67. The minimum Gasteiger partial charge on any atom is -0.292 e. The number of aromatic nitrogens is 1. The molecule has 1 aromatic heterocycles. The van der Waals surface area contributed by atoms with Crippen LogP contribution < -0.4 is 0 Å². The molecule has 0 saturated heterocycles. The maximum Gasteiger partial charge on any atom is 0.181 e. The highest BCUT2D eigenvalue weighted by Gasteiger charge is 2.10. The molecule has 0 saturated carbocycles. The molecule has 0 bridgehead atoms. The van der Waals surface area contributed by atoms with Crippen LogP contribution in [0.5, 0.6) is 0 Å². The fourth-order valence-corrected chi connectivity index (χ4v) is 2.22. The van der Waals surface area contributed by atoms with E-state index in [9.17, 15) is 4.79 Å². The van der Waals surface area contributed by atoms with Gasteiger partial charge in [-0.2, -0.15) is 0 Å². The zero-order valence-electron chi connectivity index (χ0n) is 11.5. The Kier molecular flexibility index (Phi) is 4.45. The van der Waals surface area contributed by atoms with Crippen LogP contribution in [0.15, 0.2) is 42.6 Å². The zero-order chi connectivity index (χ0) is 13.7. The minimum atomic E-state index is 0.147. The van der Waals surface area contributed by atoms with Crippen molar-refractivity contribution >= 4 is 5.78 Å². The van der Waals surface area contributed by atoms with E-state index in [2.05, 4.69) is 17.1 Å². The third-order valence-corrected chi connectivity index (χ3v) is 3.19. The van der Waals surface area contributed by atoms with Gasteiger partial charge in [0.1, 0.15) is 5.69 Å². The van der Waals surface area contributed by atoms with Gasteiger partial charge < -0.3 is 0 Å². The molecule has 0 aliphatic heterocycles. The van der Waals surface area contributed by atoms with Crippen LogP contribution >= 0.6 is 0 Å². The highest BCUT2D eigenvalue weighted by Crippen LogP contribution is 2.12. The van der Waals surface area contributed by atoms with Crippen molar-refractivity contribution < 1.29 is 4.79 Å². The summed E-state index contributed by atoms with van der Waals surface area (Å²) in [6.45, 7) is 3.94. The SMILES string of the molecule is Cc1cnc(C(=O)CCCc2ccccc2)c(C)c1. The third kappa shape index (κ3) is 3.75. The second-order valence-corrected chi connectivity index (χ2v) is 4.94. The number of carbonyl (C=O) groups excluding carboxylic acids is 1. The van der Waals surface area contributed by atoms with Crippen LogP contribution in [0.1, 0.15) is 40.0 Å². The number of rotatable bonds is 5. The van der Waals surface area contributed by atoms with Gasteiger partial charge in [0, 0.05) is 12.6 Å². The van der Waals surface area contributed by atoms with Gasteiger partial charge in [-0.3, -0.25) is 9.78 Å². The summed E-state index contributed by atoms with van der Waals surface area (Å²) in [6.07, 6.45) is 4.14. The number of pyridine rings is 1. The Balaban J connectivity index is 1.91. The van der Waals surface area contributed by atoms with Crippen molar-refractivity contribution in [2.45, 2.75) is 33.1 Å². The van der Waals surface area contributed by atoms with E-state index in [0.29, 0.717) is 12.1 Å². The molecule has 0 spiro atoms. The summed E-state index contributed by atoms with van der Waals surface area (Å²) in [7, 11) is 0. The summed E-state index contributed by atoms with van der Waals surface area (Å²) in [4.78, 5) is 16.4. The number of carbonyl (C=O) groups is 1. The van der Waals surface area contributed by atoms with E-state index in [1.807, 2.05) is 38.1 Å². The fourth-order valence-electron chi connectivity index (χ4n) is 2.22. The normalized spacial score (nSPS) is 10.4. The molecule has 0 aliphatic carbocycles. The molecule has 0 fully saturated rings. The lowest BCUT2D eigenvalue weighted by Gasteiger charge is -2.05. The third-order valence-electron chi connectivity index (χ3n) is 3.19. The van der Waals surface area contributed by atoms with Gasteiger partial charge in [0.2, 0.25) is 0 Å². The molecule has 2 nitrogen and oxygen atoms in total. The molecule has 2 aromatic rings. The summed E-state index contributed by atoms with van der Waals surface area (Å²) < 4.78 is 0. The number of benzene rings is 1. The van der Waals surface area contributed by atoms with Gasteiger partial charge in [0.25, 0.3) is 0 Å². The Hall–Kier alpha value is -1.96. The second kappa shape index (κ2) is 6.28. The minimum absolute atomic E-state index is 0.147. The molecule has 0 atom stereocenters. The number of hydrogen-bond acceptors (Lipinski definition) is 2. The smallest absolute Gasteiger partial charge is 0.181 e. The van der Waals surface area contributed by atoms with Crippen molar-refractivity contribution in [2.75, 3.05) is 0 Å². The average molecular weight is 253 g/mol. The molecular weight excluding hydrogens is 234 g/mol. The van der Waals surface area contributed by atoms with Crippen molar-refractivity contribution in [2.24, 2.45) is 0 Å². The van der Waals surface area contributed by atoms with Crippen LogP contribution in [0.3, 0.4) is 0 Å². The van der Waals surface area contributed by atoms with Crippen molar-refractivity contribution in [1.29, 1.82) is 0 Å². The molecule has 0 aliphatic rings. The first-order valence-corrected chi connectivity index (χ1v) is 6.67. The standard InChI is InChI=1S/C17H19NO/c1-13-11-14(2)17(18-12-13)16(19)10-6-9-15-7-4-3-5-8-15/h3-5,7-8,11-12H,6,9-10H2,1-2H3. The zero-order valence-corrected chi connectivity index (χ0v) is 11.5. The average Bonchev–Trinajstić information content (AvgIpc) is 2.39. The summed E-state index contributed by atoms with van der Waals surface area (Å²) in [5.74, 6) is 0.147. The summed E-state index contributed by atoms with van der Waals surface area (Å²) in [6, 6.07) is 12.3. The summed E-state index contributed by atoms with van der Waals surface area (Å²) >= 11 is 0. The van der Waals surface area contributed by atoms with E-state index in [4.69, 9.17) is 0 Å². The van der Waals surface area contributed by atoms with E-state index in [1.54, 1.807) is 6.20 Å². The molecule has 0 unspecified atom stereocenters. The topological polar surface area (TPSA) is 30.0 Å². The number of aryl methyl sites for hydroxylation is 3. The van der Waals surface area contributed by atoms with Crippen LogP contribution in [-0.4, -0.2) is 10.8 Å². The monoisotopic (exact) mass is 253 g/mol. The summed E-state index contributed by atoms with van der Waals surface area (Å²) in [5, 5.41) is 0. The molecule has 1 aromatic carbocycles. The van der Waals surface area contributed by atoms with Gasteiger partial charge in [-0.05, 0) is 43.4 Å². The van der Waals surface area contributed by atoms with Crippen molar-refractivity contribution in [1.82, 2.24) is 4.98 Å². The van der Waals surface area contributed by atoms with E-state index in [1.165, 1.54) is 5.56 Å². The second-order valence-electron chi connectivity index (χ2n) is 4.94. The molecule has 19 heavy (non-hydrogen) atoms. The van der Waals surface area contributed by atoms with Crippen LogP contribution in [0.25, 0.3) is 0 Å². The first-order chi connectivity index (χ1) is 9.16. The van der Waals surface area contributed by atoms with E-state index in [-0.39, 0.29) is 5.78 Å². The maximum atomic E-state index is 12.1. The lowest BCUT2D eigenvalue weighted by molar-refractivity contribution is 0.0975. The Labute approximate surface area is 114 Å². The lowest BCUT2D eigenvalue weighted by atomic mass is 10.0. The molecule has 0 N–H and O–H groups in total. The predicted octanol–water partition coefficient (Wildman–Crippen LogP) is 3.90. The van der Waals surface area contributed by atoms with E-state index < -0.39 is 0 Å². The van der Waals surface area contributed by atoms with Crippen LogP contribution in [0.4, 0.5) is 0 Å². The van der Waals surface area contributed by atoms with Gasteiger partial charge >= 0.3 is 0 Å². The maximum absolute atomic E-state index is 12.1. The highest BCUT2D eigenvalue weighted by molar-refractivity contribution is 5.95. The summed E-state index contributed by atoms with van der Waals surface area (Å²) in [5.41, 5.74) is 3.98. The molecular formula is C17H19NO. The van der Waals surface area contributed by atoms with E-state index in [0.717, 1.165) is 24.0 Å². The molecule has 2 rings (SSSR count). The van der Waals surface area contributed by atoms with Gasteiger partial charge in [0.15, 0.2) is 5.78 Å². The van der Waals surface area contributed by atoms with Crippen molar-refractivity contribution in [3.8, 4) is 0 Å². The number of hydrogen-bond donors (Lipinski definition) is 0.